The van der Waals surface area contributed by atoms with Gasteiger partial charge in [0.05, 0.1) is 23.3 Å². The minimum atomic E-state index is -2.92. The van der Waals surface area contributed by atoms with Gasteiger partial charge >= 0.3 is 5.97 Å². The first-order valence-corrected chi connectivity index (χ1v) is 5.50. The van der Waals surface area contributed by atoms with E-state index in [-0.39, 0.29) is 22.2 Å². The van der Waals surface area contributed by atoms with Crippen LogP contribution in [-0.4, -0.2) is 12.6 Å². The van der Waals surface area contributed by atoms with Crippen molar-refractivity contribution in [1.29, 1.82) is 5.26 Å². The van der Waals surface area contributed by atoms with Gasteiger partial charge in [-0.25, -0.2) is 13.6 Å². The van der Waals surface area contributed by atoms with E-state index < -0.39 is 18.0 Å². The first-order valence-electron chi connectivity index (χ1n) is 4.70. The summed E-state index contributed by atoms with van der Waals surface area (Å²) in [5.41, 5.74) is -1.12. The Balaban J connectivity index is 3.42. The molecule has 6 heteroatoms. The quantitative estimate of drug-likeness (QED) is 0.804. The molecule has 90 valence electrons. The van der Waals surface area contributed by atoms with Crippen molar-refractivity contribution in [2.75, 3.05) is 6.61 Å². The Kier molecular flexibility index (Phi) is 4.58. The van der Waals surface area contributed by atoms with Crippen molar-refractivity contribution in [3.63, 3.8) is 0 Å². The Morgan fingerprint density at radius 1 is 1.59 bits per heavy atom. The second-order valence-electron chi connectivity index (χ2n) is 3.02. The third-order valence-electron chi connectivity index (χ3n) is 2.02. The average molecular weight is 304 g/mol. The van der Waals surface area contributed by atoms with E-state index >= 15 is 0 Å². The van der Waals surface area contributed by atoms with Gasteiger partial charge in [-0.05, 0) is 35.0 Å². The van der Waals surface area contributed by atoms with Gasteiger partial charge in [-0.15, -0.1) is 0 Å². The van der Waals surface area contributed by atoms with Crippen molar-refractivity contribution < 1.29 is 18.3 Å². The van der Waals surface area contributed by atoms with E-state index in [1.54, 1.807) is 13.0 Å². The van der Waals surface area contributed by atoms with Gasteiger partial charge in [-0.3, -0.25) is 0 Å². The number of ether oxygens (including phenoxy) is 1. The summed E-state index contributed by atoms with van der Waals surface area (Å²) in [4.78, 5) is 11.5. The molecule has 0 aromatic heterocycles. The van der Waals surface area contributed by atoms with Crippen molar-refractivity contribution in [2.45, 2.75) is 13.3 Å². The van der Waals surface area contributed by atoms with Crippen LogP contribution in [0.3, 0.4) is 0 Å². The summed E-state index contributed by atoms with van der Waals surface area (Å²) in [5, 5.41) is 8.82. The SMILES string of the molecule is CCOC(=O)c1ccc(Br)c(C#N)c1C(F)F. The normalized spacial score (nSPS) is 10.1. The largest absolute Gasteiger partial charge is 0.462 e. The predicted octanol–water partition coefficient (Wildman–Crippen LogP) is 3.44. The highest BCUT2D eigenvalue weighted by molar-refractivity contribution is 9.10. The van der Waals surface area contributed by atoms with Gasteiger partial charge in [-0.2, -0.15) is 5.26 Å². The van der Waals surface area contributed by atoms with Gasteiger partial charge in [0.1, 0.15) is 6.07 Å². The molecule has 3 nitrogen and oxygen atoms in total. The minimum absolute atomic E-state index is 0.0828. The van der Waals surface area contributed by atoms with Crippen LogP contribution in [-0.2, 0) is 4.74 Å². The van der Waals surface area contributed by atoms with Gasteiger partial charge in [-0.1, -0.05) is 0 Å². The average Bonchev–Trinajstić information content (AvgIpc) is 2.28. The molecule has 17 heavy (non-hydrogen) atoms. The van der Waals surface area contributed by atoms with Gasteiger partial charge in [0.2, 0.25) is 0 Å². The molecular formula is C11H8BrF2NO2. The fraction of sp³-hybridized carbons (Fsp3) is 0.273. The number of esters is 1. The lowest BCUT2D eigenvalue weighted by Gasteiger charge is -2.10. The first kappa shape index (κ1) is 13.6. The molecule has 0 fully saturated rings. The summed E-state index contributed by atoms with van der Waals surface area (Å²) in [6.07, 6.45) is -2.92. The van der Waals surface area contributed by atoms with Crippen molar-refractivity contribution in [1.82, 2.24) is 0 Å². The smallest absolute Gasteiger partial charge is 0.338 e. The van der Waals surface area contributed by atoms with Crippen LogP contribution in [0.5, 0.6) is 0 Å². The monoisotopic (exact) mass is 303 g/mol. The number of hydrogen-bond donors (Lipinski definition) is 0. The first-order chi connectivity index (χ1) is 8.02. The van der Waals surface area contributed by atoms with E-state index in [1.165, 1.54) is 12.1 Å². The van der Waals surface area contributed by atoms with Crippen LogP contribution in [0.2, 0.25) is 0 Å². The third kappa shape index (κ3) is 2.80. The van der Waals surface area contributed by atoms with Crippen LogP contribution >= 0.6 is 15.9 Å². The van der Waals surface area contributed by atoms with Gasteiger partial charge < -0.3 is 4.74 Å². The van der Waals surface area contributed by atoms with Crippen LogP contribution in [0.15, 0.2) is 16.6 Å². The number of benzene rings is 1. The summed E-state index contributed by atoms with van der Waals surface area (Å²) in [5.74, 6) is -0.855. The maximum absolute atomic E-state index is 12.9. The zero-order chi connectivity index (χ0) is 13.0. The molecule has 1 aromatic carbocycles. The Morgan fingerprint density at radius 3 is 2.71 bits per heavy atom. The lowest BCUT2D eigenvalue weighted by Crippen LogP contribution is -2.10. The van der Waals surface area contributed by atoms with Crippen LogP contribution in [0.1, 0.15) is 34.8 Å². The molecule has 0 aliphatic rings. The fourth-order valence-electron chi connectivity index (χ4n) is 1.32. The molecule has 0 radical (unpaired) electrons. The molecule has 0 saturated heterocycles. The number of nitriles is 1. The molecule has 0 aliphatic heterocycles. The highest BCUT2D eigenvalue weighted by Crippen LogP contribution is 2.31. The number of carbonyl (C=O) groups excluding carboxylic acids is 1. The summed E-state index contributed by atoms with van der Waals surface area (Å²) in [6, 6.07) is 4.23. The highest BCUT2D eigenvalue weighted by Gasteiger charge is 2.24. The molecule has 0 unspecified atom stereocenters. The van der Waals surface area contributed by atoms with Crippen molar-refractivity contribution in [3.8, 4) is 6.07 Å². The Morgan fingerprint density at radius 2 is 2.24 bits per heavy atom. The number of hydrogen-bond acceptors (Lipinski definition) is 3. The molecular weight excluding hydrogens is 296 g/mol. The number of nitrogens with zero attached hydrogens (tertiary/aromatic N) is 1. The molecule has 0 N–H and O–H groups in total. The predicted molar refractivity (Wildman–Crippen MR) is 59.8 cm³/mol. The third-order valence-corrected chi connectivity index (χ3v) is 2.68. The highest BCUT2D eigenvalue weighted by atomic mass is 79.9. The molecule has 0 spiro atoms. The van der Waals surface area contributed by atoms with Gasteiger partial charge in [0.25, 0.3) is 6.43 Å². The van der Waals surface area contributed by atoms with Crippen LogP contribution in [0, 0.1) is 11.3 Å². The van der Waals surface area contributed by atoms with Crippen LogP contribution < -0.4 is 0 Å². The summed E-state index contributed by atoms with van der Waals surface area (Å²) in [7, 11) is 0. The second-order valence-corrected chi connectivity index (χ2v) is 3.87. The topological polar surface area (TPSA) is 50.1 Å². The number of alkyl halides is 2. The van der Waals surface area contributed by atoms with Crippen molar-refractivity contribution >= 4 is 21.9 Å². The van der Waals surface area contributed by atoms with Crippen LogP contribution in [0.4, 0.5) is 8.78 Å². The molecule has 0 amide bonds. The standard InChI is InChI=1S/C11H8BrF2NO2/c1-2-17-11(16)6-3-4-8(12)7(5-15)9(6)10(13)14/h3-4,10H,2H2,1H3. The van der Waals surface area contributed by atoms with Crippen molar-refractivity contribution in [3.05, 3.63) is 33.3 Å². The van der Waals surface area contributed by atoms with Crippen molar-refractivity contribution in [2.24, 2.45) is 0 Å². The number of rotatable bonds is 3. The number of carbonyl (C=O) groups is 1. The van der Waals surface area contributed by atoms with E-state index in [4.69, 9.17) is 5.26 Å². The maximum Gasteiger partial charge on any atom is 0.338 e. The molecule has 0 atom stereocenters. The van der Waals surface area contributed by atoms with E-state index in [0.717, 1.165) is 0 Å². The van der Waals surface area contributed by atoms with E-state index in [0.29, 0.717) is 0 Å². The second kappa shape index (κ2) is 5.73. The van der Waals surface area contributed by atoms with E-state index in [1.807, 2.05) is 0 Å². The number of halogens is 3. The molecule has 0 heterocycles. The lowest BCUT2D eigenvalue weighted by molar-refractivity contribution is 0.0515. The maximum atomic E-state index is 12.9. The summed E-state index contributed by atoms with van der Waals surface area (Å²) in [6.45, 7) is 1.66. The zero-order valence-corrected chi connectivity index (χ0v) is 10.4. The molecule has 1 aromatic rings. The molecule has 0 saturated carbocycles. The van der Waals surface area contributed by atoms with Gasteiger partial charge in [0.15, 0.2) is 0 Å². The molecule has 0 bridgehead atoms. The van der Waals surface area contributed by atoms with E-state index in [9.17, 15) is 13.6 Å². The Labute approximate surface area is 105 Å². The van der Waals surface area contributed by atoms with Gasteiger partial charge in [0, 0.05) is 4.47 Å². The van der Waals surface area contributed by atoms with Crippen LogP contribution in [0.25, 0.3) is 0 Å². The fourth-order valence-corrected chi connectivity index (χ4v) is 1.75. The molecule has 1 rings (SSSR count). The van der Waals surface area contributed by atoms with E-state index in [2.05, 4.69) is 20.7 Å². The summed E-state index contributed by atoms with van der Waals surface area (Å²) < 4.78 is 30.6. The zero-order valence-electron chi connectivity index (χ0n) is 8.84. The molecule has 0 aliphatic carbocycles. The summed E-state index contributed by atoms with van der Waals surface area (Å²) >= 11 is 2.99. The minimum Gasteiger partial charge on any atom is -0.462 e. The Bertz CT molecular complexity index is 483. The Hall–Kier alpha value is -1.48. The lowest BCUT2D eigenvalue weighted by atomic mass is 10.0.